The van der Waals surface area contributed by atoms with E-state index in [4.69, 9.17) is 10.5 Å². The van der Waals surface area contributed by atoms with Crippen LogP contribution in [0.3, 0.4) is 0 Å². The highest BCUT2D eigenvalue weighted by Crippen LogP contribution is 2.25. The van der Waals surface area contributed by atoms with Crippen LogP contribution in [0.4, 0.5) is 8.78 Å². The van der Waals surface area contributed by atoms with Crippen LogP contribution in [0.2, 0.25) is 0 Å². The van der Waals surface area contributed by atoms with Crippen molar-refractivity contribution in [1.82, 2.24) is 0 Å². The summed E-state index contributed by atoms with van der Waals surface area (Å²) >= 11 is 0. The van der Waals surface area contributed by atoms with Crippen LogP contribution in [0.5, 0.6) is 5.75 Å². The van der Waals surface area contributed by atoms with E-state index in [1.165, 1.54) is 12.1 Å². The largest absolute Gasteiger partial charge is 0.497 e. The Morgan fingerprint density at radius 1 is 1.05 bits per heavy atom. The van der Waals surface area contributed by atoms with E-state index in [2.05, 4.69) is 0 Å². The van der Waals surface area contributed by atoms with E-state index in [1.807, 2.05) is 31.2 Å². The topological polar surface area (TPSA) is 35.2 Å². The van der Waals surface area contributed by atoms with Gasteiger partial charge >= 0.3 is 0 Å². The van der Waals surface area contributed by atoms with Crippen LogP contribution < -0.4 is 10.5 Å². The maximum absolute atomic E-state index is 13.2. The minimum Gasteiger partial charge on any atom is -0.497 e. The smallest absolute Gasteiger partial charge is 0.126 e. The van der Waals surface area contributed by atoms with Gasteiger partial charge in [-0.1, -0.05) is 12.1 Å². The number of nitrogens with two attached hydrogens (primary N) is 1. The Hall–Kier alpha value is -1.94. The zero-order valence-corrected chi connectivity index (χ0v) is 11.5. The molecular weight excluding hydrogens is 260 g/mol. The number of benzene rings is 2. The van der Waals surface area contributed by atoms with Gasteiger partial charge in [-0.05, 0) is 48.7 Å². The molecule has 20 heavy (non-hydrogen) atoms. The quantitative estimate of drug-likeness (QED) is 0.929. The fourth-order valence-corrected chi connectivity index (χ4v) is 2.21. The Morgan fingerprint density at radius 3 is 2.10 bits per heavy atom. The summed E-state index contributed by atoms with van der Waals surface area (Å²) in [6, 6.07) is 10.8. The molecule has 0 radical (unpaired) electrons. The number of ether oxygens (including phenoxy) is 1. The molecule has 4 heteroatoms. The second kappa shape index (κ2) is 5.59. The molecule has 0 bridgehead atoms. The van der Waals surface area contributed by atoms with Crippen molar-refractivity contribution in [2.45, 2.75) is 18.9 Å². The summed E-state index contributed by atoms with van der Waals surface area (Å²) in [5.74, 6) is -0.447. The summed E-state index contributed by atoms with van der Waals surface area (Å²) in [6.45, 7) is 1.83. The van der Waals surface area contributed by atoms with Crippen LogP contribution in [0.15, 0.2) is 42.5 Å². The first kappa shape index (κ1) is 14.5. The summed E-state index contributed by atoms with van der Waals surface area (Å²) in [5, 5.41) is 0. The molecule has 0 saturated carbocycles. The van der Waals surface area contributed by atoms with Crippen molar-refractivity contribution in [3.63, 3.8) is 0 Å². The van der Waals surface area contributed by atoms with Gasteiger partial charge in [0, 0.05) is 11.6 Å². The van der Waals surface area contributed by atoms with Crippen LogP contribution in [0.1, 0.15) is 18.1 Å². The molecule has 1 unspecified atom stereocenters. The highest BCUT2D eigenvalue weighted by atomic mass is 19.1. The number of halogens is 2. The molecule has 2 aromatic rings. The molecule has 0 heterocycles. The van der Waals surface area contributed by atoms with Gasteiger partial charge in [-0.15, -0.1) is 0 Å². The van der Waals surface area contributed by atoms with E-state index in [-0.39, 0.29) is 0 Å². The first-order chi connectivity index (χ1) is 9.40. The lowest BCUT2D eigenvalue weighted by Gasteiger charge is -2.25. The van der Waals surface area contributed by atoms with Crippen molar-refractivity contribution in [3.8, 4) is 5.75 Å². The fourth-order valence-electron chi connectivity index (χ4n) is 2.21. The second-order valence-corrected chi connectivity index (χ2v) is 5.10. The molecule has 0 saturated heterocycles. The number of methoxy groups -OCH3 is 1. The summed E-state index contributed by atoms with van der Waals surface area (Å²) in [6.07, 6.45) is 0.341. The third-order valence-corrected chi connectivity index (χ3v) is 3.24. The minimum atomic E-state index is -0.716. The Balaban J connectivity index is 2.24. The van der Waals surface area contributed by atoms with Crippen LogP contribution in [0.25, 0.3) is 0 Å². The Bertz CT molecular complexity index is 574. The molecule has 0 aromatic heterocycles. The van der Waals surface area contributed by atoms with Crippen molar-refractivity contribution >= 4 is 0 Å². The lowest BCUT2D eigenvalue weighted by atomic mass is 9.86. The molecule has 0 aliphatic heterocycles. The first-order valence-corrected chi connectivity index (χ1v) is 6.29. The highest BCUT2D eigenvalue weighted by molar-refractivity contribution is 5.33. The van der Waals surface area contributed by atoms with Gasteiger partial charge in [-0.25, -0.2) is 8.78 Å². The molecule has 106 valence electrons. The summed E-state index contributed by atoms with van der Waals surface area (Å²) < 4.78 is 31.5. The van der Waals surface area contributed by atoms with Crippen molar-refractivity contribution in [3.05, 3.63) is 65.2 Å². The third-order valence-electron chi connectivity index (χ3n) is 3.24. The van der Waals surface area contributed by atoms with Crippen molar-refractivity contribution in [1.29, 1.82) is 0 Å². The van der Waals surface area contributed by atoms with Crippen LogP contribution in [-0.4, -0.2) is 7.11 Å². The Kier molecular flexibility index (Phi) is 4.04. The van der Waals surface area contributed by atoms with E-state index in [0.717, 1.165) is 17.4 Å². The first-order valence-electron chi connectivity index (χ1n) is 6.29. The van der Waals surface area contributed by atoms with Gasteiger partial charge in [0.2, 0.25) is 0 Å². The summed E-state index contributed by atoms with van der Waals surface area (Å²) in [7, 11) is 1.59. The third kappa shape index (κ3) is 3.33. The van der Waals surface area contributed by atoms with Gasteiger partial charge < -0.3 is 10.5 Å². The van der Waals surface area contributed by atoms with E-state index >= 15 is 0 Å². The van der Waals surface area contributed by atoms with Crippen LogP contribution in [0, 0.1) is 11.6 Å². The molecule has 0 fully saturated rings. The monoisotopic (exact) mass is 277 g/mol. The van der Waals surface area contributed by atoms with Gasteiger partial charge in [-0.3, -0.25) is 0 Å². The molecular formula is C16H17F2NO. The van der Waals surface area contributed by atoms with E-state index in [1.54, 1.807) is 7.11 Å². The molecule has 0 aliphatic carbocycles. The van der Waals surface area contributed by atoms with Crippen molar-refractivity contribution in [2.75, 3.05) is 7.11 Å². The van der Waals surface area contributed by atoms with Gasteiger partial charge in [-0.2, -0.15) is 0 Å². The zero-order valence-electron chi connectivity index (χ0n) is 11.5. The minimum absolute atomic E-state index is 0.341. The SMILES string of the molecule is COc1ccc(C(C)(N)Cc2cc(F)cc(F)c2)cc1. The number of rotatable bonds is 4. The normalized spacial score (nSPS) is 13.8. The predicted octanol–water partition coefficient (Wildman–Crippen LogP) is 3.39. The fraction of sp³-hybridized carbons (Fsp3) is 0.250. The molecule has 0 amide bonds. The molecule has 0 aliphatic rings. The van der Waals surface area contributed by atoms with E-state index < -0.39 is 17.2 Å². The molecule has 2 aromatic carbocycles. The Morgan fingerprint density at radius 2 is 1.60 bits per heavy atom. The van der Waals surface area contributed by atoms with E-state index in [9.17, 15) is 8.78 Å². The lowest BCUT2D eigenvalue weighted by molar-refractivity contribution is 0.413. The predicted molar refractivity (Wildman–Crippen MR) is 74.6 cm³/mol. The lowest BCUT2D eigenvalue weighted by Crippen LogP contribution is -2.35. The van der Waals surface area contributed by atoms with E-state index in [0.29, 0.717) is 12.0 Å². The molecule has 0 spiro atoms. The highest BCUT2D eigenvalue weighted by Gasteiger charge is 2.22. The molecule has 2 rings (SSSR count). The average molecular weight is 277 g/mol. The Labute approximate surface area is 117 Å². The zero-order chi connectivity index (χ0) is 14.8. The standard InChI is InChI=1S/C16H17F2NO/c1-16(19,12-3-5-15(20-2)6-4-12)10-11-7-13(17)9-14(18)8-11/h3-9H,10,19H2,1-2H3. The maximum atomic E-state index is 13.2. The molecule has 2 N–H and O–H groups in total. The number of hydrogen-bond acceptors (Lipinski definition) is 2. The maximum Gasteiger partial charge on any atom is 0.126 e. The summed E-state index contributed by atoms with van der Waals surface area (Å²) in [5.41, 5.74) is 6.97. The summed E-state index contributed by atoms with van der Waals surface area (Å²) in [4.78, 5) is 0. The van der Waals surface area contributed by atoms with Crippen molar-refractivity contribution in [2.24, 2.45) is 5.73 Å². The van der Waals surface area contributed by atoms with Crippen LogP contribution >= 0.6 is 0 Å². The molecule has 1 atom stereocenters. The average Bonchev–Trinajstić information content (AvgIpc) is 2.37. The van der Waals surface area contributed by atoms with Gasteiger partial charge in [0.05, 0.1) is 7.11 Å². The second-order valence-electron chi connectivity index (χ2n) is 5.10. The number of hydrogen-bond donors (Lipinski definition) is 1. The van der Waals surface area contributed by atoms with Gasteiger partial charge in [0.1, 0.15) is 17.4 Å². The van der Waals surface area contributed by atoms with Gasteiger partial charge in [0.15, 0.2) is 0 Å². The van der Waals surface area contributed by atoms with Crippen LogP contribution in [-0.2, 0) is 12.0 Å². The van der Waals surface area contributed by atoms with Gasteiger partial charge in [0.25, 0.3) is 0 Å². The van der Waals surface area contributed by atoms with Crippen molar-refractivity contribution < 1.29 is 13.5 Å². The molecule has 2 nitrogen and oxygen atoms in total.